The molecule has 0 spiro atoms. The van der Waals surface area contributed by atoms with E-state index in [1.54, 1.807) is 121 Å². The van der Waals surface area contributed by atoms with E-state index in [1.165, 1.54) is 0 Å². The molecule has 0 saturated heterocycles. The monoisotopic (exact) mass is 668 g/mol. The van der Waals surface area contributed by atoms with Gasteiger partial charge in [0.15, 0.2) is 0 Å². The summed E-state index contributed by atoms with van der Waals surface area (Å²) >= 11 is 0. The van der Waals surface area contributed by atoms with Crippen LogP contribution in [0.2, 0.25) is 0 Å². The van der Waals surface area contributed by atoms with Crippen LogP contribution in [0.4, 0.5) is 0 Å². The first-order valence-corrected chi connectivity index (χ1v) is 17.5. The molecule has 0 bridgehead atoms. The molecule has 0 aromatic heterocycles. The molecule has 4 aromatic rings. The number of nitrogens with zero attached hydrogens (tertiary/aromatic N) is 4. The van der Waals surface area contributed by atoms with Gasteiger partial charge in [0.05, 0.1) is 13.2 Å². The third-order valence-electron chi connectivity index (χ3n) is 5.94. The van der Waals surface area contributed by atoms with Crippen LogP contribution in [0.1, 0.15) is 12.8 Å². The van der Waals surface area contributed by atoms with Crippen molar-refractivity contribution in [3.8, 4) is 23.0 Å². The minimum atomic E-state index is -3.95. The topological polar surface area (TPSA) is 121 Å². The van der Waals surface area contributed by atoms with Gasteiger partial charge in [-0.05, 0) is 61.4 Å². The highest BCUT2D eigenvalue weighted by Gasteiger charge is 2.31. The molecule has 14 heteroatoms. The summed E-state index contributed by atoms with van der Waals surface area (Å²) in [6.07, 6.45) is 0.955. The van der Waals surface area contributed by atoms with Crippen molar-refractivity contribution in [2.75, 3.05) is 40.4 Å². The predicted molar refractivity (Wildman–Crippen MR) is 175 cm³/mol. The molecule has 244 valence electrons. The minimum Gasteiger partial charge on any atom is -0.395 e. The van der Waals surface area contributed by atoms with Gasteiger partial charge in [-0.3, -0.25) is 19.1 Å². The first-order chi connectivity index (χ1) is 22.3. The molecule has 0 radical (unpaired) electrons. The second-order valence-electron chi connectivity index (χ2n) is 9.83. The average Bonchev–Trinajstić information content (AvgIpc) is 3.06. The van der Waals surface area contributed by atoms with Crippen LogP contribution in [0.15, 0.2) is 132 Å². The highest BCUT2D eigenvalue weighted by Crippen LogP contribution is 2.50. The van der Waals surface area contributed by atoms with Crippen LogP contribution in [0.3, 0.4) is 0 Å². The molecule has 4 aromatic carbocycles. The zero-order chi connectivity index (χ0) is 32.5. The van der Waals surface area contributed by atoms with Gasteiger partial charge in [0, 0.05) is 27.2 Å². The van der Waals surface area contributed by atoms with E-state index in [-0.39, 0.29) is 13.2 Å². The molecule has 0 atom stereocenters. The Morgan fingerprint density at radius 2 is 0.739 bits per heavy atom. The summed E-state index contributed by atoms with van der Waals surface area (Å²) in [5, 5.41) is 11.6. The Morgan fingerprint density at radius 1 is 0.478 bits per heavy atom. The zero-order valence-corrected chi connectivity index (χ0v) is 27.5. The maximum Gasteiger partial charge on any atom is 0.587 e. The molecule has 4 rings (SSSR count). The van der Waals surface area contributed by atoms with Crippen molar-refractivity contribution in [2.45, 2.75) is 12.8 Å². The van der Waals surface area contributed by atoms with E-state index in [4.69, 9.17) is 27.1 Å². The van der Waals surface area contributed by atoms with E-state index < -0.39 is 15.6 Å². The SMILES string of the molecule is CN(CCCOP(=O)(Oc1ccccc1)Oc1ccccc1)/N=N/N(C)CCCOP(=O)(Oc1ccccc1)Oc1ccccc1. The third-order valence-corrected chi connectivity index (χ3v) is 8.67. The van der Waals surface area contributed by atoms with Gasteiger partial charge in [0.2, 0.25) is 0 Å². The molecule has 0 fully saturated rings. The van der Waals surface area contributed by atoms with Crippen molar-refractivity contribution in [3.63, 3.8) is 0 Å². The lowest BCUT2D eigenvalue weighted by Crippen LogP contribution is -2.18. The largest absolute Gasteiger partial charge is 0.587 e. The van der Waals surface area contributed by atoms with Gasteiger partial charge in [-0.25, -0.2) is 9.13 Å². The number of hydrogen-bond acceptors (Lipinski definition) is 10. The molecule has 0 aliphatic heterocycles. The van der Waals surface area contributed by atoms with Gasteiger partial charge in [-0.1, -0.05) is 83.2 Å². The lowest BCUT2D eigenvalue weighted by molar-refractivity contribution is 0.180. The average molecular weight is 669 g/mol. The van der Waals surface area contributed by atoms with E-state index >= 15 is 0 Å². The number of benzene rings is 4. The fourth-order valence-corrected chi connectivity index (χ4v) is 6.26. The van der Waals surface area contributed by atoms with Crippen LogP contribution in [0.5, 0.6) is 23.0 Å². The molecule has 0 aliphatic carbocycles. The Kier molecular flexibility index (Phi) is 13.5. The van der Waals surface area contributed by atoms with Crippen LogP contribution in [-0.4, -0.2) is 50.4 Å². The predicted octanol–water partition coefficient (Wildman–Crippen LogP) is 8.48. The van der Waals surface area contributed by atoms with Gasteiger partial charge in [-0.15, -0.1) is 0 Å². The minimum absolute atomic E-state index is 0.0974. The second-order valence-corrected chi connectivity index (χ2v) is 12.9. The first-order valence-electron chi connectivity index (χ1n) is 14.6. The molecule has 0 saturated carbocycles. The summed E-state index contributed by atoms with van der Waals surface area (Å²) in [4.78, 5) is 0. The maximum absolute atomic E-state index is 13.4. The molecule has 0 aliphatic rings. The molecule has 46 heavy (non-hydrogen) atoms. The van der Waals surface area contributed by atoms with Crippen molar-refractivity contribution in [3.05, 3.63) is 121 Å². The zero-order valence-electron chi connectivity index (χ0n) is 25.7. The van der Waals surface area contributed by atoms with Crippen LogP contribution < -0.4 is 18.1 Å². The third kappa shape index (κ3) is 12.6. The van der Waals surface area contributed by atoms with Gasteiger partial charge >= 0.3 is 15.6 Å². The molecule has 0 heterocycles. The van der Waals surface area contributed by atoms with Crippen molar-refractivity contribution >= 4 is 15.6 Å². The molecule has 0 amide bonds. The maximum atomic E-state index is 13.4. The van der Waals surface area contributed by atoms with Gasteiger partial charge in [-0.2, -0.15) is 0 Å². The Balaban J connectivity index is 1.19. The molecule has 0 N–H and O–H groups in total. The molecule has 0 unspecified atom stereocenters. The summed E-state index contributed by atoms with van der Waals surface area (Å²) in [7, 11) is -4.38. The van der Waals surface area contributed by atoms with Crippen LogP contribution in [-0.2, 0) is 18.2 Å². The lowest BCUT2D eigenvalue weighted by Gasteiger charge is -2.20. The standard InChI is InChI=1S/C32H38N4O8P2/c1-35(25-15-27-39-45(37,41-29-17-7-3-8-18-29)42-30-19-9-4-10-20-30)33-34-36(2)26-16-28-40-46(38,43-31-21-11-5-12-22-31)44-32-23-13-6-14-24-32/h3-14,17-24H,15-16,25-28H2,1-2H3/b34-33+. The fraction of sp³-hybridized carbons (Fsp3) is 0.250. The number of phosphoric acid groups is 2. The smallest absolute Gasteiger partial charge is 0.395 e. The number of rotatable bonds is 20. The number of hydrogen-bond donors (Lipinski definition) is 0. The van der Waals surface area contributed by atoms with Crippen LogP contribution in [0, 0.1) is 0 Å². The lowest BCUT2D eigenvalue weighted by atomic mass is 10.3. The second kappa shape index (κ2) is 18.0. The summed E-state index contributed by atoms with van der Waals surface area (Å²) in [5.74, 6) is 1.49. The summed E-state index contributed by atoms with van der Waals surface area (Å²) in [6, 6.07) is 34.9. The summed E-state index contributed by atoms with van der Waals surface area (Å²) in [5.41, 5.74) is 0. The molecule has 12 nitrogen and oxygen atoms in total. The number of phosphoric ester groups is 2. The van der Waals surface area contributed by atoms with E-state index in [9.17, 15) is 9.13 Å². The van der Waals surface area contributed by atoms with E-state index in [1.807, 2.05) is 24.3 Å². The summed E-state index contributed by atoms with van der Waals surface area (Å²) < 4.78 is 60.6. The van der Waals surface area contributed by atoms with Crippen LogP contribution >= 0.6 is 15.6 Å². The van der Waals surface area contributed by atoms with E-state index in [0.717, 1.165) is 0 Å². The Morgan fingerprint density at radius 3 is 1.00 bits per heavy atom. The quantitative estimate of drug-likeness (QED) is 0.0392. The number of para-hydroxylation sites is 4. The van der Waals surface area contributed by atoms with E-state index in [0.29, 0.717) is 48.9 Å². The van der Waals surface area contributed by atoms with E-state index in [2.05, 4.69) is 10.4 Å². The van der Waals surface area contributed by atoms with Gasteiger partial charge in [0.25, 0.3) is 0 Å². The Bertz CT molecular complexity index is 1350. The van der Waals surface area contributed by atoms with Crippen molar-refractivity contribution in [1.29, 1.82) is 0 Å². The highest BCUT2D eigenvalue weighted by atomic mass is 31.2. The Labute approximate surface area is 269 Å². The molecular formula is C32H38N4O8P2. The van der Waals surface area contributed by atoms with Crippen molar-refractivity contribution < 1.29 is 36.3 Å². The highest BCUT2D eigenvalue weighted by molar-refractivity contribution is 7.49. The van der Waals surface area contributed by atoms with Gasteiger partial charge < -0.3 is 18.1 Å². The van der Waals surface area contributed by atoms with Crippen LogP contribution in [0.25, 0.3) is 0 Å². The fourth-order valence-electron chi connectivity index (χ4n) is 3.75. The van der Waals surface area contributed by atoms with Crippen molar-refractivity contribution in [2.24, 2.45) is 10.4 Å². The normalized spacial score (nSPS) is 11.6. The first kappa shape index (κ1) is 34.5. The van der Waals surface area contributed by atoms with Crippen molar-refractivity contribution in [1.82, 2.24) is 10.0 Å². The summed E-state index contributed by atoms with van der Waals surface area (Å²) in [6.45, 7) is 1.13. The van der Waals surface area contributed by atoms with Gasteiger partial charge in [0.1, 0.15) is 23.0 Å². The molecular weight excluding hydrogens is 630 g/mol. The Hall–Kier alpha value is -4.34.